The Morgan fingerprint density at radius 3 is 2.81 bits per heavy atom. The molecule has 138 valence electrons. The molecule has 6 heteroatoms. The largest absolute Gasteiger partial charge is 0.333 e. The molecule has 0 saturated carbocycles. The Labute approximate surface area is 152 Å². The third kappa shape index (κ3) is 4.85. The minimum Gasteiger partial charge on any atom is -0.333 e. The van der Waals surface area contributed by atoms with Crippen molar-refractivity contribution in [2.24, 2.45) is 0 Å². The molecule has 1 atom stereocenters. The van der Waals surface area contributed by atoms with Gasteiger partial charge in [0.25, 0.3) is 0 Å². The highest BCUT2D eigenvalue weighted by Gasteiger charge is 2.25. The van der Waals surface area contributed by atoms with Crippen LogP contribution in [0.4, 0.5) is 8.78 Å². The summed E-state index contributed by atoms with van der Waals surface area (Å²) < 4.78 is 26.6. The van der Waals surface area contributed by atoms with E-state index in [0.717, 1.165) is 50.2 Å². The SMILES string of the molecule is O=C(Cc1ccc(F)c(F)c1)N(Cc1ccccn1)C1CCCNCC1. The van der Waals surface area contributed by atoms with Crippen molar-refractivity contribution in [1.82, 2.24) is 15.2 Å². The molecule has 1 fully saturated rings. The first-order valence-corrected chi connectivity index (χ1v) is 8.97. The van der Waals surface area contributed by atoms with E-state index in [1.807, 2.05) is 23.1 Å². The monoisotopic (exact) mass is 359 g/mol. The molecule has 1 amide bonds. The van der Waals surface area contributed by atoms with Gasteiger partial charge < -0.3 is 10.2 Å². The van der Waals surface area contributed by atoms with Crippen molar-refractivity contribution in [3.05, 3.63) is 65.5 Å². The standard InChI is InChI=1S/C20H23F2N3O/c21-18-7-6-15(12-19(18)22)13-20(26)25(14-16-4-1-2-10-24-16)17-5-3-9-23-11-8-17/h1-2,4,6-7,10,12,17,23H,3,5,8-9,11,13-14H2. The Morgan fingerprint density at radius 2 is 2.04 bits per heavy atom. The third-order valence-electron chi connectivity index (χ3n) is 4.70. The van der Waals surface area contributed by atoms with Crippen LogP contribution < -0.4 is 5.32 Å². The number of benzene rings is 1. The molecule has 0 bridgehead atoms. The van der Waals surface area contributed by atoms with E-state index in [1.54, 1.807) is 6.20 Å². The van der Waals surface area contributed by atoms with Crippen molar-refractivity contribution in [2.75, 3.05) is 13.1 Å². The van der Waals surface area contributed by atoms with Crippen LogP contribution in [0, 0.1) is 11.6 Å². The predicted octanol–water partition coefficient (Wildman–Crippen LogP) is 3.07. The molecule has 1 aromatic heterocycles. The summed E-state index contributed by atoms with van der Waals surface area (Å²) in [7, 11) is 0. The average Bonchev–Trinajstić information content (AvgIpc) is 2.93. The van der Waals surface area contributed by atoms with Gasteiger partial charge in [-0.05, 0) is 62.2 Å². The second kappa shape index (κ2) is 8.85. The predicted molar refractivity (Wildman–Crippen MR) is 95.4 cm³/mol. The first-order chi connectivity index (χ1) is 12.6. The maximum absolute atomic E-state index is 13.5. The fourth-order valence-electron chi connectivity index (χ4n) is 3.33. The van der Waals surface area contributed by atoms with Crippen LogP contribution in [0.3, 0.4) is 0 Å². The van der Waals surface area contributed by atoms with Crippen LogP contribution in [0.25, 0.3) is 0 Å². The zero-order valence-corrected chi connectivity index (χ0v) is 14.6. The fourth-order valence-corrected chi connectivity index (χ4v) is 3.33. The van der Waals surface area contributed by atoms with Crippen molar-refractivity contribution in [3.63, 3.8) is 0 Å². The lowest BCUT2D eigenvalue weighted by molar-refractivity contribution is -0.133. The second-order valence-corrected chi connectivity index (χ2v) is 6.60. The van der Waals surface area contributed by atoms with Crippen LogP contribution in [0.15, 0.2) is 42.6 Å². The van der Waals surface area contributed by atoms with Gasteiger partial charge in [-0.15, -0.1) is 0 Å². The number of amides is 1. The number of carbonyl (C=O) groups is 1. The molecule has 0 radical (unpaired) electrons. The van der Waals surface area contributed by atoms with E-state index in [-0.39, 0.29) is 18.4 Å². The minimum atomic E-state index is -0.926. The lowest BCUT2D eigenvalue weighted by Crippen LogP contribution is -2.41. The summed E-state index contributed by atoms with van der Waals surface area (Å²) in [5.74, 6) is -1.92. The molecule has 1 aromatic carbocycles. The number of hydrogen-bond donors (Lipinski definition) is 1. The summed E-state index contributed by atoms with van der Waals surface area (Å²) in [5.41, 5.74) is 1.30. The van der Waals surface area contributed by atoms with E-state index >= 15 is 0 Å². The molecule has 1 N–H and O–H groups in total. The van der Waals surface area contributed by atoms with Gasteiger partial charge in [0.05, 0.1) is 18.7 Å². The van der Waals surface area contributed by atoms with E-state index in [0.29, 0.717) is 12.1 Å². The summed E-state index contributed by atoms with van der Waals surface area (Å²) in [6.07, 6.45) is 4.55. The van der Waals surface area contributed by atoms with E-state index < -0.39 is 11.6 Å². The first-order valence-electron chi connectivity index (χ1n) is 8.97. The van der Waals surface area contributed by atoms with Crippen LogP contribution >= 0.6 is 0 Å². The van der Waals surface area contributed by atoms with Gasteiger partial charge in [0.1, 0.15) is 0 Å². The van der Waals surface area contributed by atoms with Crippen molar-refractivity contribution in [2.45, 2.75) is 38.3 Å². The van der Waals surface area contributed by atoms with Crippen LogP contribution in [0.1, 0.15) is 30.5 Å². The van der Waals surface area contributed by atoms with E-state index in [1.165, 1.54) is 6.07 Å². The molecule has 0 spiro atoms. The molecule has 1 aliphatic rings. The van der Waals surface area contributed by atoms with Crippen molar-refractivity contribution < 1.29 is 13.6 Å². The Balaban J connectivity index is 1.78. The molecule has 26 heavy (non-hydrogen) atoms. The van der Waals surface area contributed by atoms with Crippen molar-refractivity contribution in [3.8, 4) is 0 Å². The maximum Gasteiger partial charge on any atom is 0.227 e. The number of nitrogens with one attached hydrogen (secondary N) is 1. The van der Waals surface area contributed by atoms with Gasteiger partial charge >= 0.3 is 0 Å². The van der Waals surface area contributed by atoms with Gasteiger partial charge in [0.2, 0.25) is 5.91 Å². The van der Waals surface area contributed by atoms with Gasteiger partial charge in [-0.3, -0.25) is 9.78 Å². The molecule has 4 nitrogen and oxygen atoms in total. The highest BCUT2D eigenvalue weighted by molar-refractivity contribution is 5.79. The summed E-state index contributed by atoms with van der Waals surface area (Å²) in [5, 5.41) is 3.35. The molecule has 1 aliphatic heterocycles. The number of pyridine rings is 1. The van der Waals surface area contributed by atoms with Gasteiger partial charge in [-0.2, -0.15) is 0 Å². The summed E-state index contributed by atoms with van der Waals surface area (Å²) in [4.78, 5) is 19.2. The highest BCUT2D eigenvalue weighted by Crippen LogP contribution is 2.19. The summed E-state index contributed by atoms with van der Waals surface area (Å²) >= 11 is 0. The normalized spacial score (nSPS) is 17.5. The van der Waals surface area contributed by atoms with Crippen LogP contribution in [0.5, 0.6) is 0 Å². The number of halogens is 2. The van der Waals surface area contributed by atoms with Gasteiger partial charge in [-0.1, -0.05) is 12.1 Å². The summed E-state index contributed by atoms with van der Waals surface area (Å²) in [6.45, 7) is 2.24. The molecular weight excluding hydrogens is 336 g/mol. The summed E-state index contributed by atoms with van der Waals surface area (Å²) in [6, 6.07) is 9.38. The Hall–Kier alpha value is -2.34. The molecule has 3 rings (SSSR count). The van der Waals surface area contributed by atoms with Crippen LogP contribution in [-0.2, 0) is 17.8 Å². The second-order valence-electron chi connectivity index (χ2n) is 6.60. The number of nitrogens with zero attached hydrogens (tertiary/aromatic N) is 2. The Bertz CT molecular complexity index is 731. The third-order valence-corrected chi connectivity index (χ3v) is 4.70. The zero-order chi connectivity index (χ0) is 18.4. The first kappa shape index (κ1) is 18.5. The molecule has 1 saturated heterocycles. The van der Waals surface area contributed by atoms with Crippen LogP contribution in [0.2, 0.25) is 0 Å². The fraction of sp³-hybridized carbons (Fsp3) is 0.400. The molecular formula is C20H23F2N3O. The molecule has 0 aliphatic carbocycles. The van der Waals surface area contributed by atoms with Gasteiger partial charge in [0.15, 0.2) is 11.6 Å². The van der Waals surface area contributed by atoms with E-state index in [2.05, 4.69) is 10.3 Å². The zero-order valence-electron chi connectivity index (χ0n) is 14.6. The minimum absolute atomic E-state index is 0.0496. The topological polar surface area (TPSA) is 45.2 Å². The van der Waals surface area contributed by atoms with Gasteiger partial charge in [-0.25, -0.2) is 8.78 Å². The molecule has 2 aromatic rings. The average molecular weight is 359 g/mol. The van der Waals surface area contributed by atoms with Crippen molar-refractivity contribution >= 4 is 5.91 Å². The number of aromatic nitrogens is 1. The highest BCUT2D eigenvalue weighted by atomic mass is 19.2. The Morgan fingerprint density at radius 1 is 1.15 bits per heavy atom. The quantitative estimate of drug-likeness (QED) is 0.892. The van der Waals surface area contributed by atoms with E-state index in [4.69, 9.17) is 0 Å². The number of rotatable bonds is 5. The molecule has 2 heterocycles. The number of carbonyl (C=O) groups excluding carboxylic acids is 1. The van der Waals surface area contributed by atoms with Crippen molar-refractivity contribution in [1.29, 1.82) is 0 Å². The smallest absolute Gasteiger partial charge is 0.227 e. The lowest BCUT2D eigenvalue weighted by Gasteiger charge is -2.31. The van der Waals surface area contributed by atoms with Crippen LogP contribution in [-0.4, -0.2) is 34.9 Å². The maximum atomic E-state index is 13.5. The molecule has 1 unspecified atom stereocenters. The van der Waals surface area contributed by atoms with Gasteiger partial charge in [0, 0.05) is 12.2 Å². The number of hydrogen-bond acceptors (Lipinski definition) is 3. The van der Waals surface area contributed by atoms with E-state index in [9.17, 15) is 13.6 Å². The Kier molecular flexibility index (Phi) is 6.28. The lowest BCUT2D eigenvalue weighted by atomic mass is 10.0.